The third-order valence-electron chi connectivity index (χ3n) is 3.47. The number of rotatable bonds is 5. The van der Waals surface area contributed by atoms with Gasteiger partial charge in [-0.3, -0.25) is 9.59 Å². The molecular formula is C17H18N2O4S. The normalized spacial score (nSPS) is 12.5. The van der Waals surface area contributed by atoms with Crippen LogP contribution in [-0.2, 0) is 11.3 Å². The molecule has 24 heavy (non-hydrogen) atoms. The summed E-state index contributed by atoms with van der Waals surface area (Å²) in [5.74, 6) is 0.929. The van der Waals surface area contributed by atoms with E-state index >= 15 is 0 Å². The number of ether oxygens (including phenoxy) is 2. The second kappa shape index (κ2) is 7.35. The van der Waals surface area contributed by atoms with E-state index in [0.717, 1.165) is 16.2 Å². The Bertz CT molecular complexity index is 757. The lowest BCUT2D eigenvalue weighted by atomic mass is 10.2. The number of thiophene rings is 1. The van der Waals surface area contributed by atoms with Gasteiger partial charge in [0.05, 0.1) is 11.4 Å². The van der Waals surface area contributed by atoms with E-state index in [2.05, 4.69) is 10.6 Å². The Morgan fingerprint density at radius 2 is 1.88 bits per heavy atom. The number of hydrogen-bond donors (Lipinski definition) is 2. The third kappa shape index (κ3) is 4.05. The zero-order chi connectivity index (χ0) is 16.9. The minimum atomic E-state index is -0.244. The standard InChI is InChI=1S/C17H18N2O4S/c1-11-2-5-15(24-11)17(21)19-10-16(20)18-9-12-3-4-13-14(8-12)23-7-6-22-13/h2-5,8H,6-7,9-10H2,1H3,(H,18,20)(H,19,21). The lowest BCUT2D eigenvalue weighted by Gasteiger charge is -2.19. The van der Waals surface area contributed by atoms with Crippen molar-refractivity contribution in [2.45, 2.75) is 13.5 Å². The third-order valence-corrected chi connectivity index (χ3v) is 4.47. The molecule has 6 nitrogen and oxygen atoms in total. The SMILES string of the molecule is Cc1ccc(C(=O)NCC(=O)NCc2ccc3c(c2)OCCO3)s1. The van der Waals surface area contributed by atoms with Gasteiger partial charge in [0.1, 0.15) is 13.2 Å². The molecule has 1 aliphatic heterocycles. The van der Waals surface area contributed by atoms with Gasteiger partial charge >= 0.3 is 0 Å². The second-order valence-corrected chi connectivity index (χ2v) is 6.64. The zero-order valence-corrected chi connectivity index (χ0v) is 14.1. The van der Waals surface area contributed by atoms with Gasteiger partial charge in [-0.05, 0) is 36.8 Å². The summed E-state index contributed by atoms with van der Waals surface area (Å²) in [5, 5.41) is 5.38. The van der Waals surface area contributed by atoms with Gasteiger partial charge in [0.15, 0.2) is 11.5 Å². The van der Waals surface area contributed by atoms with Crippen LogP contribution in [0.4, 0.5) is 0 Å². The van der Waals surface area contributed by atoms with Crippen molar-refractivity contribution in [3.8, 4) is 11.5 Å². The van der Waals surface area contributed by atoms with Crippen LogP contribution in [-0.4, -0.2) is 31.6 Å². The highest BCUT2D eigenvalue weighted by Crippen LogP contribution is 2.30. The van der Waals surface area contributed by atoms with Crippen molar-refractivity contribution >= 4 is 23.2 Å². The topological polar surface area (TPSA) is 76.7 Å². The molecule has 0 radical (unpaired) electrons. The van der Waals surface area contributed by atoms with Crippen molar-refractivity contribution < 1.29 is 19.1 Å². The molecule has 126 valence electrons. The van der Waals surface area contributed by atoms with Gasteiger partial charge < -0.3 is 20.1 Å². The maximum atomic E-state index is 11.9. The lowest BCUT2D eigenvalue weighted by Crippen LogP contribution is -2.36. The van der Waals surface area contributed by atoms with Crippen LogP contribution in [0.1, 0.15) is 20.1 Å². The van der Waals surface area contributed by atoms with E-state index in [4.69, 9.17) is 9.47 Å². The monoisotopic (exact) mass is 346 g/mol. The Labute approximate surface area is 143 Å². The molecule has 0 saturated heterocycles. The highest BCUT2D eigenvalue weighted by atomic mass is 32.1. The summed E-state index contributed by atoms with van der Waals surface area (Å²) in [6, 6.07) is 9.18. The summed E-state index contributed by atoms with van der Waals surface area (Å²) in [7, 11) is 0. The van der Waals surface area contributed by atoms with E-state index in [9.17, 15) is 9.59 Å². The Hall–Kier alpha value is -2.54. The molecule has 2 aromatic rings. The maximum Gasteiger partial charge on any atom is 0.261 e. The molecular weight excluding hydrogens is 328 g/mol. The molecule has 3 rings (SSSR count). The van der Waals surface area contributed by atoms with Gasteiger partial charge in [0, 0.05) is 11.4 Å². The molecule has 0 fully saturated rings. The summed E-state index contributed by atoms with van der Waals surface area (Å²) in [5.41, 5.74) is 0.910. The van der Waals surface area contributed by atoms with Gasteiger partial charge in [0.25, 0.3) is 5.91 Å². The number of carbonyl (C=O) groups is 2. The molecule has 1 aromatic heterocycles. The second-order valence-electron chi connectivity index (χ2n) is 5.35. The maximum absolute atomic E-state index is 11.9. The molecule has 0 atom stereocenters. The van der Waals surface area contributed by atoms with Crippen molar-refractivity contribution in [2.75, 3.05) is 19.8 Å². The Morgan fingerprint density at radius 3 is 2.62 bits per heavy atom. The molecule has 0 bridgehead atoms. The number of aryl methyl sites for hydroxylation is 1. The van der Waals surface area contributed by atoms with Crippen LogP contribution in [0.3, 0.4) is 0 Å². The number of hydrogen-bond acceptors (Lipinski definition) is 5. The fourth-order valence-electron chi connectivity index (χ4n) is 2.27. The summed E-state index contributed by atoms with van der Waals surface area (Å²) < 4.78 is 11.0. The van der Waals surface area contributed by atoms with E-state index in [1.54, 1.807) is 6.07 Å². The fraction of sp³-hybridized carbons (Fsp3) is 0.294. The van der Waals surface area contributed by atoms with Crippen LogP contribution >= 0.6 is 11.3 Å². The smallest absolute Gasteiger partial charge is 0.261 e. The molecule has 0 unspecified atom stereocenters. The highest BCUT2D eigenvalue weighted by molar-refractivity contribution is 7.13. The van der Waals surface area contributed by atoms with E-state index in [-0.39, 0.29) is 18.4 Å². The Balaban J connectivity index is 1.46. The van der Waals surface area contributed by atoms with E-state index in [0.29, 0.717) is 30.4 Å². The van der Waals surface area contributed by atoms with Gasteiger partial charge in [-0.1, -0.05) is 6.07 Å². The van der Waals surface area contributed by atoms with Crippen LogP contribution in [0.15, 0.2) is 30.3 Å². The van der Waals surface area contributed by atoms with E-state index in [1.807, 2.05) is 31.2 Å². The quantitative estimate of drug-likeness (QED) is 0.867. The number of fused-ring (bicyclic) bond motifs is 1. The number of amides is 2. The largest absolute Gasteiger partial charge is 0.486 e. The van der Waals surface area contributed by atoms with Crippen LogP contribution in [0.2, 0.25) is 0 Å². The van der Waals surface area contributed by atoms with Gasteiger partial charge in [-0.15, -0.1) is 11.3 Å². The van der Waals surface area contributed by atoms with Crippen LogP contribution < -0.4 is 20.1 Å². The number of nitrogens with one attached hydrogen (secondary N) is 2. The predicted octanol–water partition coefficient (Wildman–Crippen LogP) is 1.87. The van der Waals surface area contributed by atoms with Crippen LogP contribution in [0.5, 0.6) is 11.5 Å². The van der Waals surface area contributed by atoms with Gasteiger partial charge in [0.2, 0.25) is 5.91 Å². The van der Waals surface area contributed by atoms with Crippen LogP contribution in [0.25, 0.3) is 0 Å². The van der Waals surface area contributed by atoms with Crippen molar-refractivity contribution in [1.82, 2.24) is 10.6 Å². The van der Waals surface area contributed by atoms with Crippen LogP contribution in [0, 0.1) is 6.92 Å². The first-order chi connectivity index (χ1) is 11.6. The minimum Gasteiger partial charge on any atom is -0.486 e. The summed E-state index contributed by atoms with van der Waals surface area (Å²) in [4.78, 5) is 25.4. The molecule has 0 saturated carbocycles. The van der Waals surface area contributed by atoms with E-state index in [1.165, 1.54) is 11.3 Å². The van der Waals surface area contributed by atoms with Gasteiger partial charge in [-0.2, -0.15) is 0 Å². The van der Waals surface area contributed by atoms with Crippen molar-refractivity contribution in [2.24, 2.45) is 0 Å². The summed E-state index contributed by atoms with van der Waals surface area (Å²) >= 11 is 1.40. The molecule has 1 aliphatic rings. The Kier molecular flexibility index (Phi) is 5.00. The number of benzene rings is 1. The van der Waals surface area contributed by atoms with Gasteiger partial charge in [-0.25, -0.2) is 0 Å². The molecule has 2 amide bonds. The van der Waals surface area contributed by atoms with Crippen molar-refractivity contribution in [3.05, 3.63) is 45.6 Å². The Morgan fingerprint density at radius 1 is 1.08 bits per heavy atom. The average molecular weight is 346 g/mol. The minimum absolute atomic E-state index is 0.0552. The number of carbonyl (C=O) groups excluding carboxylic acids is 2. The van der Waals surface area contributed by atoms with Crippen molar-refractivity contribution in [3.63, 3.8) is 0 Å². The first kappa shape index (κ1) is 16.3. The lowest BCUT2D eigenvalue weighted by molar-refractivity contribution is -0.120. The molecule has 1 aromatic carbocycles. The first-order valence-corrected chi connectivity index (χ1v) is 8.43. The molecule has 2 heterocycles. The van der Waals surface area contributed by atoms with Crippen molar-refractivity contribution in [1.29, 1.82) is 0 Å². The average Bonchev–Trinajstić information content (AvgIpc) is 3.04. The first-order valence-electron chi connectivity index (χ1n) is 7.62. The highest BCUT2D eigenvalue weighted by Gasteiger charge is 2.13. The fourth-order valence-corrected chi connectivity index (χ4v) is 3.05. The van der Waals surface area contributed by atoms with E-state index < -0.39 is 0 Å². The molecule has 2 N–H and O–H groups in total. The molecule has 7 heteroatoms. The zero-order valence-electron chi connectivity index (χ0n) is 13.3. The molecule has 0 spiro atoms. The summed E-state index contributed by atoms with van der Waals surface area (Å²) in [6.07, 6.45) is 0. The molecule has 0 aliphatic carbocycles. The summed E-state index contributed by atoms with van der Waals surface area (Å²) in [6.45, 7) is 3.31. The predicted molar refractivity (Wildman–Crippen MR) is 90.7 cm³/mol.